The molecule has 0 spiro atoms. The minimum Gasteiger partial charge on any atom is -0.481 e. The normalized spacial score (nSPS) is 11.8. The van der Waals surface area contributed by atoms with E-state index in [-0.39, 0.29) is 91.6 Å². The molecule has 0 aliphatic carbocycles. The van der Waals surface area contributed by atoms with Crippen molar-refractivity contribution < 1.29 is 89.1 Å². The van der Waals surface area contributed by atoms with Gasteiger partial charge in [-0.3, -0.25) is 43.2 Å². The Labute approximate surface area is 390 Å². The average molecular weight is 970 g/mol. The van der Waals surface area contributed by atoms with E-state index in [0.29, 0.717) is 0 Å². The van der Waals surface area contributed by atoms with Gasteiger partial charge in [0, 0.05) is 74.5 Å². The number of carboxylic acids is 9. The predicted molar refractivity (Wildman–Crippen MR) is 229 cm³/mol. The maximum absolute atomic E-state index is 11.8. The zero-order chi connectivity index (χ0) is 51.1. The number of hydrogen-bond acceptors (Lipinski definition) is 15. The van der Waals surface area contributed by atoms with Crippen LogP contribution in [0.4, 0.5) is 0 Å². The van der Waals surface area contributed by atoms with Crippen molar-refractivity contribution in [3.8, 4) is 33.8 Å². The Hall–Kier alpha value is -8.13. The molecule has 0 fully saturated rings. The summed E-state index contributed by atoms with van der Waals surface area (Å²) in [6, 6.07) is 4.57. The first-order chi connectivity index (χ1) is 32.5. The molecule has 27 heteroatoms. The maximum atomic E-state index is 11.8. The van der Waals surface area contributed by atoms with Gasteiger partial charge in [0.25, 0.3) is 0 Å². The van der Waals surface area contributed by atoms with Gasteiger partial charge in [0.05, 0.1) is 35.2 Å². The molecule has 0 unspecified atom stereocenters. The van der Waals surface area contributed by atoms with E-state index in [9.17, 15) is 89.1 Å². The van der Waals surface area contributed by atoms with E-state index < -0.39 is 128 Å². The van der Waals surface area contributed by atoms with Crippen molar-refractivity contribution in [1.29, 1.82) is 0 Å². The van der Waals surface area contributed by atoms with Crippen LogP contribution in [0.25, 0.3) is 33.8 Å². The molecule has 372 valence electrons. The number of carbonyl (C=O) groups is 9. The number of hydrogen-bond donors (Lipinski definition) is 9. The number of nitrogens with zero attached hydrogens (tertiary/aromatic N) is 9. The van der Waals surface area contributed by atoms with E-state index in [1.54, 1.807) is 0 Å². The zero-order valence-corrected chi connectivity index (χ0v) is 36.9. The number of aromatic nitrogens is 9. The van der Waals surface area contributed by atoms with Crippen molar-refractivity contribution >= 4 is 53.7 Å². The molecule has 0 aliphatic heterocycles. The topological polar surface area (TPSA) is 428 Å². The number of benzene rings is 1. The fourth-order valence-corrected chi connectivity index (χ4v) is 8.17. The van der Waals surface area contributed by atoms with E-state index in [1.165, 1.54) is 50.8 Å². The molecule has 0 atom stereocenters. The Kier molecular flexibility index (Phi) is 18.3. The lowest BCUT2D eigenvalue weighted by atomic mass is 9.83. The molecular formula is C42H51N9O18. The van der Waals surface area contributed by atoms with Crippen LogP contribution < -0.4 is 0 Å². The van der Waals surface area contributed by atoms with Crippen LogP contribution in [0.5, 0.6) is 0 Å². The highest BCUT2D eigenvalue weighted by molar-refractivity contribution is 5.78. The molecule has 0 amide bonds. The second-order valence-electron chi connectivity index (χ2n) is 16.7. The minimum absolute atomic E-state index is 0.0562. The highest BCUT2D eigenvalue weighted by atomic mass is 16.4. The lowest BCUT2D eigenvalue weighted by Crippen LogP contribution is -2.36. The number of carboxylic acid groups (broad SMARTS) is 9. The van der Waals surface area contributed by atoms with Gasteiger partial charge in [-0.05, 0) is 76.0 Å². The molecule has 0 bridgehead atoms. The molecule has 0 radical (unpaired) electrons. The van der Waals surface area contributed by atoms with E-state index in [4.69, 9.17) is 0 Å². The Morgan fingerprint density at radius 3 is 0.623 bits per heavy atom. The summed E-state index contributed by atoms with van der Waals surface area (Å²) in [6.45, 7) is 0. The average Bonchev–Trinajstić information content (AvgIpc) is 4.09. The zero-order valence-electron chi connectivity index (χ0n) is 36.9. The van der Waals surface area contributed by atoms with Gasteiger partial charge in [0.2, 0.25) is 0 Å². The number of rotatable bonds is 33. The lowest BCUT2D eigenvalue weighted by molar-refractivity contribution is -0.141. The van der Waals surface area contributed by atoms with Gasteiger partial charge >= 0.3 is 53.7 Å². The van der Waals surface area contributed by atoms with Crippen molar-refractivity contribution in [3.63, 3.8) is 0 Å². The maximum Gasteiger partial charge on any atom is 0.303 e. The summed E-state index contributed by atoms with van der Waals surface area (Å²) in [6.07, 6.45) is -2.66. The molecule has 1 aromatic carbocycles. The molecule has 9 N–H and O–H groups in total. The molecule has 4 aromatic rings. The smallest absolute Gasteiger partial charge is 0.303 e. The molecule has 3 heterocycles. The van der Waals surface area contributed by atoms with Crippen molar-refractivity contribution in [2.24, 2.45) is 0 Å². The highest BCUT2D eigenvalue weighted by Crippen LogP contribution is 2.39. The van der Waals surface area contributed by atoms with Crippen molar-refractivity contribution in [2.75, 3.05) is 0 Å². The largest absolute Gasteiger partial charge is 0.481 e. The van der Waals surface area contributed by atoms with Crippen molar-refractivity contribution in [3.05, 3.63) is 36.8 Å². The first-order valence-electron chi connectivity index (χ1n) is 21.4. The molecular weight excluding hydrogens is 919 g/mol. The summed E-state index contributed by atoms with van der Waals surface area (Å²) in [5.74, 6) is -11.3. The van der Waals surface area contributed by atoms with Crippen LogP contribution in [0.2, 0.25) is 0 Å². The van der Waals surface area contributed by atoms with Gasteiger partial charge < -0.3 is 46.0 Å². The lowest BCUT2D eigenvalue weighted by Gasteiger charge is -2.33. The van der Waals surface area contributed by atoms with Gasteiger partial charge in [-0.1, -0.05) is 15.6 Å². The van der Waals surface area contributed by atoms with Gasteiger partial charge in [0.15, 0.2) is 0 Å². The quantitative estimate of drug-likeness (QED) is 0.0330. The van der Waals surface area contributed by atoms with E-state index in [2.05, 4.69) is 30.9 Å². The Balaban J connectivity index is 2.01. The monoisotopic (exact) mass is 969 g/mol. The second kappa shape index (κ2) is 23.5. The second-order valence-corrected chi connectivity index (χ2v) is 16.7. The summed E-state index contributed by atoms with van der Waals surface area (Å²) < 4.78 is 3.62. The van der Waals surface area contributed by atoms with Crippen LogP contribution >= 0.6 is 0 Å². The fourth-order valence-electron chi connectivity index (χ4n) is 8.17. The molecule has 0 saturated carbocycles. The highest BCUT2D eigenvalue weighted by Gasteiger charge is 2.38. The van der Waals surface area contributed by atoms with Gasteiger partial charge in [0.1, 0.15) is 17.1 Å². The van der Waals surface area contributed by atoms with Gasteiger partial charge in [-0.2, -0.15) is 0 Å². The Morgan fingerprint density at radius 2 is 0.478 bits per heavy atom. The van der Waals surface area contributed by atoms with Crippen LogP contribution in [0.15, 0.2) is 36.8 Å². The first-order valence-corrected chi connectivity index (χ1v) is 21.4. The molecule has 69 heavy (non-hydrogen) atoms. The summed E-state index contributed by atoms with van der Waals surface area (Å²) in [5.41, 5.74) is -3.65. The van der Waals surface area contributed by atoms with Crippen molar-refractivity contribution in [1.82, 2.24) is 45.0 Å². The van der Waals surface area contributed by atoms with Crippen LogP contribution in [-0.2, 0) is 59.8 Å². The van der Waals surface area contributed by atoms with Crippen LogP contribution in [0.1, 0.15) is 116 Å². The van der Waals surface area contributed by atoms with Gasteiger partial charge in [-0.25, -0.2) is 14.0 Å². The number of aliphatic carboxylic acids is 9. The third-order valence-electron chi connectivity index (χ3n) is 12.0. The minimum atomic E-state index is -1.48. The van der Waals surface area contributed by atoms with Crippen LogP contribution in [-0.4, -0.2) is 145 Å². The van der Waals surface area contributed by atoms with Crippen molar-refractivity contribution in [2.45, 2.75) is 132 Å². The summed E-state index contributed by atoms with van der Waals surface area (Å²) in [7, 11) is 0. The molecule has 4 rings (SSSR count). The predicted octanol–water partition coefficient (Wildman–Crippen LogP) is 3.33. The Bertz CT molecular complexity index is 2130. The molecule has 3 aromatic heterocycles. The summed E-state index contributed by atoms with van der Waals surface area (Å²) >= 11 is 0. The summed E-state index contributed by atoms with van der Waals surface area (Å²) in [4.78, 5) is 106. The van der Waals surface area contributed by atoms with E-state index >= 15 is 0 Å². The molecule has 27 nitrogen and oxygen atoms in total. The third-order valence-corrected chi connectivity index (χ3v) is 12.0. The summed E-state index contributed by atoms with van der Waals surface area (Å²) in [5, 5.41) is 112. The first kappa shape index (κ1) is 53.5. The molecule has 0 saturated heterocycles. The standard InChI is InChI=1S/C42H51N9O18/c52-31(53)1-10-40(11-2-32(54)55,12-3-33(56)57)49-22-28(43-46-49)25-19-26(29-23-50(47-44-29)41(13-4-34(58)59,14-5-35(60)61)15-6-36(62)63)21-27(20-25)30-24-51(48-45-30)42(16-7-37(64)65,17-8-38(66)67)18-9-39(68)69/h19-24H,1-18H2,(H,52,53)(H,54,55)(H,56,57)(H,58,59)(H,60,61)(H,62,63)(H,64,65)(H,66,67)(H,68,69). The van der Waals surface area contributed by atoms with Gasteiger partial charge in [-0.15, -0.1) is 15.3 Å². The fraction of sp³-hybridized carbons (Fsp3) is 0.500. The van der Waals surface area contributed by atoms with Crippen LogP contribution in [0.3, 0.4) is 0 Å². The van der Waals surface area contributed by atoms with E-state index in [1.807, 2.05) is 0 Å². The molecule has 0 aliphatic rings. The Morgan fingerprint density at radius 1 is 0.319 bits per heavy atom. The third kappa shape index (κ3) is 15.2. The van der Waals surface area contributed by atoms with E-state index in [0.717, 1.165) is 0 Å². The SMILES string of the molecule is O=C(O)CCC(CCC(=O)O)(CCC(=O)O)n1cc(-c2cc(-c3cn(C(CCC(=O)O)(CCC(=O)O)CCC(=O)O)nn3)cc(-c3cn(C(CCC(=O)O)(CCC(=O)O)CCC(=O)O)nn3)c2)nn1. The van der Waals surface area contributed by atoms with Crippen LogP contribution in [0, 0.1) is 0 Å².